The van der Waals surface area contributed by atoms with Crippen molar-refractivity contribution in [3.63, 3.8) is 0 Å². The molecule has 2 heterocycles. The molecule has 1 aromatic heterocycles. The summed E-state index contributed by atoms with van der Waals surface area (Å²) < 4.78 is 13.1. The number of benzene rings is 3. The predicted octanol–water partition coefficient (Wildman–Crippen LogP) is 5.13. The lowest BCUT2D eigenvalue weighted by Gasteiger charge is -2.32. The number of carbonyl (C=O) groups is 1. The first-order valence-electron chi connectivity index (χ1n) is 13.0. The van der Waals surface area contributed by atoms with Gasteiger partial charge in [-0.1, -0.05) is 35.9 Å². The molecule has 4 aromatic rings. The van der Waals surface area contributed by atoms with Crippen molar-refractivity contribution in [3.8, 4) is 0 Å². The van der Waals surface area contributed by atoms with Gasteiger partial charge >= 0.3 is 0 Å². The van der Waals surface area contributed by atoms with Gasteiger partial charge in [-0.15, -0.1) is 0 Å². The van der Waals surface area contributed by atoms with Gasteiger partial charge in [-0.2, -0.15) is 4.98 Å². The van der Waals surface area contributed by atoms with Crippen LogP contribution in [0.3, 0.4) is 0 Å². The molecular formula is C30H33FN6O. The Labute approximate surface area is 222 Å². The Bertz CT molecular complexity index is 1400. The molecule has 0 unspecified atom stereocenters. The lowest BCUT2D eigenvalue weighted by molar-refractivity contribution is 0.0909. The number of aromatic nitrogens is 2. The largest absolute Gasteiger partial charge is 0.365 e. The van der Waals surface area contributed by atoms with Gasteiger partial charge in [0, 0.05) is 50.2 Å². The Morgan fingerprint density at radius 3 is 2.39 bits per heavy atom. The fraction of sp³-hybridized carbons (Fsp3) is 0.300. The summed E-state index contributed by atoms with van der Waals surface area (Å²) in [5.41, 5.74) is 4.85. The van der Waals surface area contributed by atoms with Crippen LogP contribution >= 0.6 is 0 Å². The summed E-state index contributed by atoms with van der Waals surface area (Å²) >= 11 is 0. The van der Waals surface area contributed by atoms with Crippen molar-refractivity contribution in [1.82, 2.24) is 20.2 Å². The number of fused-ring (bicyclic) bond motifs is 1. The van der Waals surface area contributed by atoms with Crippen molar-refractivity contribution >= 4 is 28.6 Å². The van der Waals surface area contributed by atoms with Gasteiger partial charge in [-0.05, 0) is 67.3 Å². The third kappa shape index (κ3) is 6.26. The number of nitrogens with zero attached hydrogens (tertiary/aromatic N) is 3. The van der Waals surface area contributed by atoms with Gasteiger partial charge in [-0.25, -0.2) is 9.37 Å². The molecule has 5 rings (SSSR count). The number of aryl methyl sites for hydroxylation is 1. The van der Waals surface area contributed by atoms with Crippen LogP contribution in [0.25, 0.3) is 10.9 Å². The van der Waals surface area contributed by atoms with Gasteiger partial charge in [0.15, 0.2) is 0 Å². The van der Waals surface area contributed by atoms with Crippen molar-refractivity contribution < 1.29 is 9.18 Å². The quantitative estimate of drug-likeness (QED) is 0.304. The smallest absolute Gasteiger partial charge is 0.251 e. The molecule has 0 spiro atoms. The van der Waals surface area contributed by atoms with Gasteiger partial charge < -0.3 is 16.0 Å². The molecule has 196 valence electrons. The monoisotopic (exact) mass is 512 g/mol. The van der Waals surface area contributed by atoms with Crippen LogP contribution in [-0.4, -0.2) is 47.0 Å². The molecule has 8 heteroatoms. The van der Waals surface area contributed by atoms with Gasteiger partial charge in [0.25, 0.3) is 5.91 Å². The van der Waals surface area contributed by atoms with Gasteiger partial charge in [0.05, 0.1) is 5.52 Å². The van der Waals surface area contributed by atoms with Gasteiger partial charge in [-0.3, -0.25) is 9.69 Å². The number of nitrogens with one attached hydrogen (secondary N) is 3. The molecule has 7 nitrogen and oxygen atoms in total. The van der Waals surface area contributed by atoms with E-state index in [9.17, 15) is 9.18 Å². The van der Waals surface area contributed by atoms with E-state index in [-0.39, 0.29) is 17.8 Å². The molecule has 1 saturated heterocycles. The predicted molar refractivity (Wildman–Crippen MR) is 150 cm³/mol. The highest BCUT2D eigenvalue weighted by Gasteiger charge is 2.21. The van der Waals surface area contributed by atoms with Crippen LogP contribution in [-0.2, 0) is 13.1 Å². The highest BCUT2D eigenvalue weighted by Crippen LogP contribution is 2.24. The summed E-state index contributed by atoms with van der Waals surface area (Å²) in [5, 5.41) is 10.6. The van der Waals surface area contributed by atoms with E-state index >= 15 is 0 Å². The van der Waals surface area contributed by atoms with E-state index in [1.54, 1.807) is 7.05 Å². The minimum atomic E-state index is -0.211. The van der Waals surface area contributed by atoms with Crippen molar-refractivity contribution in [1.29, 1.82) is 0 Å². The highest BCUT2D eigenvalue weighted by atomic mass is 19.1. The SMILES string of the molecule is CNc1nc(NCc2ccc(C(=O)NC3CCN(Cc4ccc(F)cc4)CC3)cc2)c2cc(C)ccc2n1. The zero-order valence-corrected chi connectivity index (χ0v) is 21.8. The van der Waals surface area contributed by atoms with E-state index < -0.39 is 0 Å². The molecule has 3 aromatic carbocycles. The average Bonchev–Trinajstić information content (AvgIpc) is 2.94. The van der Waals surface area contributed by atoms with E-state index in [4.69, 9.17) is 0 Å². The number of piperidine rings is 1. The topological polar surface area (TPSA) is 82.2 Å². The third-order valence-corrected chi connectivity index (χ3v) is 6.99. The molecule has 1 fully saturated rings. The summed E-state index contributed by atoms with van der Waals surface area (Å²) in [7, 11) is 1.81. The molecule has 38 heavy (non-hydrogen) atoms. The lowest BCUT2D eigenvalue weighted by atomic mass is 10.0. The second-order valence-electron chi connectivity index (χ2n) is 9.87. The second-order valence-corrected chi connectivity index (χ2v) is 9.87. The number of likely N-dealkylation sites (tertiary alicyclic amines) is 1. The Kier molecular flexibility index (Phi) is 7.79. The minimum absolute atomic E-state index is 0.0441. The van der Waals surface area contributed by atoms with Crippen LogP contribution in [0.2, 0.25) is 0 Å². The van der Waals surface area contributed by atoms with Gasteiger partial charge in [0.1, 0.15) is 11.6 Å². The minimum Gasteiger partial charge on any atom is -0.365 e. The number of hydrogen-bond donors (Lipinski definition) is 3. The van der Waals surface area contributed by atoms with E-state index in [1.807, 2.05) is 48.5 Å². The summed E-state index contributed by atoms with van der Waals surface area (Å²) in [4.78, 5) is 24.3. The number of anilines is 2. The summed E-state index contributed by atoms with van der Waals surface area (Å²) in [5.74, 6) is 1.09. The Balaban J connectivity index is 1.13. The van der Waals surface area contributed by atoms with Crippen LogP contribution in [0.5, 0.6) is 0 Å². The van der Waals surface area contributed by atoms with E-state index in [0.717, 1.165) is 65.9 Å². The maximum atomic E-state index is 13.1. The standard InChI is InChI=1S/C30H33FN6O/c1-20-3-12-27-26(17-20)28(36-30(32-2)35-27)33-18-21-4-8-23(9-5-21)29(38)34-25-13-15-37(16-14-25)19-22-6-10-24(31)11-7-22/h3-12,17,25H,13-16,18-19H2,1-2H3,(H,34,38)(H2,32,33,35,36). The first kappa shape index (κ1) is 25.6. The normalized spacial score (nSPS) is 14.4. The molecule has 0 aliphatic carbocycles. The second kappa shape index (κ2) is 11.6. The van der Waals surface area contributed by atoms with E-state index in [2.05, 4.69) is 43.8 Å². The maximum absolute atomic E-state index is 13.1. The van der Waals surface area contributed by atoms with Crippen LogP contribution in [0.1, 0.15) is 39.9 Å². The average molecular weight is 513 g/mol. The number of halogens is 1. The highest BCUT2D eigenvalue weighted by molar-refractivity contribution is 5.94. The van der Waals surface area contributed by atoms with Crippen molar-refractivity contribution in [2.75, 3.05) is 30.8 Å². The zero-order valence-electron chi connectivity index (χ0n) is 21.8. The lowest BCUT2D eigenvalue weighted by Crippen LogP contribution is -2.44. The molecule has 0 saturated carbocycles. The van der Waals surface area contributed by atoms with E-state index in [1.165, 1.54) is 12.1 Å². The molecule has 0 radical (unpaired) electrons. The molecule has 1 aliphatic rings. The zero-order chi connectivity index (χ0) is 26.5. The number of carbonyl (C=O) groups excluding carboxylic acids is 1. The Hall–Kier alpha value is -4.04. The van der Waals surface area contributed by atoms with Crippen molar-refractivity contribution in [3.05, 3.63) is 94.8 Å². The van der Waals surface area contributed by atoms with Crippen molar-refractivity contribution in [2.45, 2.75) is 38.9 Å². The molecule has 1 amide bonds. The molecule has 0 atom stereocenters. The van der Waals surface area contributed by atoms with Crippen LogP contribution < -0.4 is 16.0 Å². The Morgan fingerprint density at radius 1 is 0.974 bits per heavy atom. The Morgan fingerprint density at radius 2 is 1.68 bits per heavy atom. The fourth-order valence-electron chi connectivity index (χ4n) is 4.80. The summed E-state index contributed by atoms with van der Waals surface area (Å²) in [6.07, 6.45) is 1.80. The molecule has 0 bridgehead atoms. The summed E-state index contributed by atoms with van der Waals surface area (Å²) in [6, 6.07) is 20.6. The maximum Gasteiger partial charge on any atom is 0.251 e. The number of hydrogen-bond acceptors (Lipinski definition) is 6. The third-order valence-electron chi connectivity index (χ3n) is 6.99. The summed E-state index contributed by atoms with van der Waals surface area (Å²) in [6.45, 7) is 5.24. The van der Waals surface area contributed by atoms with Crippen molar-refractivity contribution in [2.24, 2.45) is 0 Å². The van der Waals surface area contributed by atoms with Crippen LogP contribution in [0, 0.1) is 12.7 Å². The first-order valence-corrected chi connectivity index (χ1v) is 13.0. The van der Waals surface area contributed by atoms with E-state index in [0.29, 0.717) is 18.1 Å². The molecular weight excluding hydrogens is 479 g/mol. The molecule has 3 N–H and O–H groups in total. The van der Waals surface area contributed by atoms with Crippen LogP contribution in [0.4, 0.5) is 16.2 Å². The van der Waals surface area contributed by atoms with Gasteiger partial charge in [0.2, 0.25) is 5.95 Å². The first-order chi connectivity index (χ1) is 18.5. The number of amides is 1. The fourth-order valence-corrected chi connectivity index (χ4v) is 4.80. The molecule has 1 aliphatic heterocycles. The van der Waals surface area contributed by atoms with Crippen LogP contribution in [0.15, 0.2) is 66.7 Å². The number of rotatable bonds is 8.